The molecule has 3 aromatic rings. The fraction of sp³-hybridized carbons (Fsp3) is 0.455. The maximum absolute atomic E-state index is 5.05. The van der Waals surface area contributed by atoms with Gasteiger partial charge in [0.05, 0.1) is 11.9 Å². The van der Waals surface area contributed by atoms with E-state index in [0.717, 1.165) is 49.2 Å². The van der Waals surface area contributed by atoms with Crippen LogP contribution in [0.2, 0.25) is 0 Å². The number of thiophene rings is 1. The topological polar surface area (TPSA) is 35.5 Å². The van der Waals surface area contributed by atoms with Crippen molar-refractivity contribution in [3.8, 4) is 11.1 Å². The van der Waals surface area contributed by atoms with Gasteiger partial charge in [-0.25, -0.2) is 9.97 Å². The van der Waals surface area contributed by atoms with E-state index >= 15 is 0 Å². The van der Waals surface area contributed by atoms with Crippen LogP contribution in [0.3, 0.4) is 0 Å². The summed E-state index contributed by atoms with van der Waals surface area (Å²) in [5.41, 5.74) is 2.48. The standard InChI is InChI=1S/C22H29N5S/c1-16(2)26-10-12-27(13-11-26)21-20-18(17-8-6-5-7-9-17)15-28-22(20)24-19(23-21)14-25(3)4/h5-9,15-16H,10-14H2,1-4H3. The molecule has 0 amide bonds. The van der Waals surface area contributed by atoms with Gasteiger partial charge in [-0.1, -0.05) is 30.3 Å². The van der Waals surface area contributed by atoms with Crippen LogP contribution in [-0.2, 0) is 6.54 Å². The van der Waals surface area contributed by atoms with Gasteiger partial charge < -0.3 is 9.80 Å². The monoisotopic (exact) mass is 395 g/mol. The van der Waals surface area contributed by atoms with E-state index < -0.39 is 0 Å². The van der Waals surface area contributed by atoms with Gasteiger partial charge in [-0.2, -0.15) is 0 Å². The Hall–Kier alpha value is -2.02. The Labute approximate surface area is 171 Å². The second kappa shape index (κ2) is 8.15. The van der Waals surface area contributed by atoms with Gasteiger partial charge in [-0.3, -0.25) is 4.90 Å². The van der Waals surface area contributed by atoms with Crippen LogP contribution in [0, 0.1) is 0 Å². The summed E-state index contributed by atoms with van der Waals surface area (Å²) in [6, 6.07) is 11.2. The third-order valence-electron chi connectivity index (χ3n) is 5.35. The highest BCUT2D eigenvalue weighted by molar-refractivity contribution is 7.17. The maximum atomic E-state index is 5.05. The first-order valence-electron chi connectivity index (χ1n) is 10.00. The summed E-state index contributed by atoms with van der Waals surface area (Å²) in [6.07, 6.45) is 0. The normalized spacial score (nSPS) is 15.9. The molecule has 0 N–H and O–H groups in total. The molecular weight excluding hydrogens is 366 g/mol. The molecule has 1 fully saturated rings. The first-order valence-corrected chi connectivity index (χ1v) is 10.9. The van der Waals surface area contributed by atoms with E-state index in [-0.39, 0.29) is 0 Å². The fourth-order valence-electron chi connectivity index (χ4n) is 3.83. The highest BCUT2D eigenvalue weighted by Gasteiger charge is 2.24. The van der Waals surface area contributed by atoms with Crippen LogP contribution in [0.5, 0.6) is 0 Å². The molecule has 1 aliphatic heterocycles. The first kappa shape index (κ1) is 19.3. The summed E-state index contributed by atoms with van der Waals surface area (Å²) in [7, 11) is 4.14. The molecule has 1 saturated heterocycles. The van der Waals surface area contributed by atoms with E-state index in [1.54, 1.807) is 11.3 Å². The van der Waals surface area contributed by atoms with Crippen LogP contribution in [0.1, 0.15) is 19.7 Å². The van der Waals surface area contributed by atoms with E-state index in [9.17, 15) is 0 Å². The minimum Gasteiger partial charge on any atom is -0.353 e. The lowest BCUT2D eigenvalue weighted by Gasteiger charge is -2.38. The molecule has 2 aromatic heterocycles. The van der Waals surface area contributed by atoms with E-state index in [0.29, 0.717) is 6.04 Å². The molecule has 0 saturated carbocycles. The van der Waals surface area contributed by atoms with E-state index in [1.807, 2.05) is 0 Å². The van der Waals surface area contributed by atoms with E-state index in [2.05, 4.69) is 78.4 Å². The molecule has 6 heteroatoms. The van der Waals surface area contributed by atoms with Crippen molar-refractivity contribution in [2.24, 2.45) is 0 Å². The number of aromatic nitrogens is 2. The van der Waals surface area contributed by atoms with Gasteiger partial charge in [0.15, 0.2) is 0 Å². The van der Waals surface area contributed by atoms with Gasteiger partial charge in [0.1, 0.15) is 16.5 Å². The number of benzene rings is 1. The summed E-state index contributed by atoms with van der Waals surface area (Å²) >= 11 is 1.73. The summed E-state index contributed by atoms with van der Waals surface area (Å²) < 4.78 is 0. The molecule has 4 rings (SSSR count). The molecule has 0 spiro atoms. The maximum Gasteiger partial charge on any atom is 0.146 e. The number of piperazine rings is 1. The predicted octanol–water partition coefficient (Wildman–Crippen LogP) is 3.95. The van der Waals surface area contributed by atoms with Crippen molar-refractivity contribution in [3.05, 3.63) is 41.5 Å². The third kappa shape index (κ3) is 3.90. The lowest BCUT2D eigenvalue weighted by atomic mass is 10.1. The molecule has 0 aliphatic carbocycles. The predicted molar refractivity (Wildman–Crippen MR) is 119 cm³/mol. The van der Waals surface area contributed by atoms with Crippen LogP contribution in [0.4, 0.5) is 5.82 Å². The highest BCUT2D eigenvalue weighted by Crippen LogP contribution is 2.38. The summed E-state index contributed by atoms with van der Waals surface area (Å²) in [6.45, 7) is 9.49. The molecule has 0 atom stereocenters. The Morgan fingerprint density at radius 3 is 2.39 bits per heavy atom. The van der Waals surface area contributed by atoms with Gasteiger partial charge in [0.25, 0.3) is 0 Å². The molecule has 148 valence electrons. The van der Waals surface area contributed by atoms with Gasteiger partial charge >= 0.3 is 0 Å². The van der Waals surface area contributed by atoms with Crippen LogP contribution in [0.15, 0.2) is 35.7 Å². The van der Waals surface area contributed by atoms with Crippen molar-refractivity contribution in [1.29, 1.82) is 0 Å². The zero-order valence-electron chi connectivity index (χ0n) is 17.2. The zero-order chi connectivity index (χ0) is 19.7. The van der Waals surface area contributed by atoms with Crippen molar-refractivity contribution in [2.75, 3.05) is 45.2 Å². The molecule has 1 aromatic carbocycles. The van der Waals surface area contributed by atoms with Crippen LogP contribution >= 0.6 is 11.3 Å². The number of hydrogen-bond donors (Lipinski definition) is 0. The molecular formula is C22H29N5S. The molecule has 1 aliphatic rings. The zero-order valence-corrected chi connectivity index (χ0v) is 18.0. The van der Waals surface area contributed by atoms with Gasteiger partial charge in [0, 0.05) is 43.2 Å². The van der Waals surface area contributed by atoms with Crippen LogP contribution in [-0.4, -0.2) is 66.1 Å². The Kier molecular flexibility index (Phi) is 5.62. The fourth-order valence-corrected chi connectivity index (χ4v) is 4.79. The van der Waals surface area contributed by atoms with Gasteiger partial charge in [-0.05, 0) is 33.5 Å². The van der Waals surface area contributed by atoms with Crippen LogP contribution in [0.25, 0.3) is 21.3 Å². The third-order valence-corrected chi connectivity index (χ3v) is 6.22. The number of nitrogens with zero attached hydrogens (tertiary/aromatic N) is 5. The second-order valence-electron chi connectivity index (χ2n) is 8.01. The Morgan fingerprint density at radius 2 is 1.75 bits per heavy atom. The van der Waals surface area contributed by atoms with Crippen molar-refractivity contribution in [3.63, 3.8) is 0 Å². The van der Waals surface area contributed by atoms with Crippen molar-refractivity contribution >= 4 is 27.4 Å². The average molecular weight is 396 g/mol. The average Bonchev–Trinajstić information content (AvgIpc) is 3.11. The van der Waals surface area contributed by atoms with Gasteiger partial charge in [0.2, 0.25) is 0 Å². The minimum atomic E-state index is 0.595. The van der Waals surface area contributed by atoms with Crippen molar-refractivity contribution < 1.29 is 0 Å². The number of anilines is 1. The van der Waals surface area contributed by atoms with Crippen LogP contribution < -0.4 is 4.90 Å². The quantitative estimate of drug-likeness (QED) is 0.654. The molecule has 0 unspecified atom stereocenters. The first-order chi connectivity index (χ1) is 13.5. The molecule has 5 nitrogen and oxygen atoms in total. The SMILES string of the molecule is CC(C)N1CCN(c2nc(CN(C)C)nc3scc(-c4ccccc4)c23)CC1. The molecule has 28 heavy (non-hydrogen) atoms. The van der Waals surface area contributed by atoms with E-state index in [1.165, 1.54) is 16.5 Å². The van der Waals surface area contributed by atoms with E-state index in [4.69, 9.17) is 9.97 Å². The Balaban J connectivity index is 1.78. The number of rotatable bonds is 5. The summed E-state index contributed by atoms with van der Waals surface area (Å²) in [5.74, 6) is 2.01. The smallest absolute Gasteiger partial charge is 0.146 e. The second-order valence-corrected chi connectivity index (χ2v) is 8.87. The summed E-state index contributed by atoms with van der Waals surface area (Å²) in [4.78, 5) is 18.2. The highest BCUT2D eigenvalue weighted by atomic mass is 32.1. The molecule has 0 bridgehead atoms. The van der Waals surface area contributed by atoms with Gasteiger partial charge in [-0.15, -0.1) is 11.3 Å². The number of fused-ring (bicyclic) bond motifs is 1. The summed E-state index contributed by atoms with van der Waals surface area (Å²) in [5, 5.41) is 3.44. The van der Waals surface area contributed by atoms with Crippen molar-refractivity contribution in [2.45, 2.75) is 26.4 Å². The molecule has 3 heterocycles. The minimum absolute atomic E-state index is 0.595. The Bertz CT molecular complexity index is 927. The van der Waals surface area contributed by atoms with Crippen molar-refractivity contribution in [1.82, 2.24) is 19.8 Å². The lowest BCUT2D eigenvalue weighted by Crippen LogP contribution is -2.49. The Morgan fingerprint density at radius 1 is 1.04 bits per heavy atom. The lowest BCUT2D eigenvalue weighted by molar-refractivity contribution is 0.209. The largest absolute Gasteiger partial charge is 0.353 e. The molecule has 0 radical (unpaired) electrons. The number of hydrogen-bond acceptors (Lipinski definition) is 6.